The van der Waals surface area contributed by atoms with E-state index in [1.165, 1.54) is 0 Å². The second kappa shape index (κ2) is 7.47. The Morgan fingerprint density at radius 2 is 1.95 bits per heavy atom. The van der Waals surface area contributed by atoms with Crippen molar-refractivity contribution in [2.75, 3.05) is 7.11 Å². The highest BCUT2D eigenvalue weighted by Gasteiger charge is 2.18. The third-order valence-electron chi connectivity index (χ3n) is 3.49. The lowest BCUT2D eigenvalue weighted by Gasteiger charge is -2.17. The molecule has 0 spiro atoms. The number of hydrogen-bond acceptors (Lipinski definition) is 3. The van der Waals surface area contributed by atoms with Crippen LogP contribution in [-0.2, 0) is 16.0 Å². The fourth-order valence-corrected chi connectivity index (χ4v) is 2.24. The second-order valence-corrected chi connectivity index (χ2v) is 5.04. The molecule has 0 aromatic heterocycles. The Morgan fingerprint density at radius 1 is 1.19 bits per heavy atom. The summed E-state index contributed by atoms with van der Waals surface area (Å²) in [7, 11) is 1.59. The van der Waals surface area contributed by atoms with E-state index in [-0.39, 0.29) is 24.2 Å². The zero-order chi connectivity index (χ0) is 15.1. The molecule has 5 heteroatoms. The molecule has 2 amide bonds. The van der Waals surface area contributed by atoms with Gasteiger partial charge in [-0.15, -0.1) is 0 Å². The summed E-state index contributed by atoms with van der Waals surface area (Å²) in [6.07, 6.45) is 6.78. The van der Waals surface area contributed by atoms with Crippen molar-refractivity contribution in [3.05, 3.63) is 42.0 Å². The highest BCUT2D eigenvalue weighted by Crippen LogP contribution is 2.17. The van der Waals surface area contributed by atoms with Gasteiger partial charge < -0.3 is 4.74 Å². The van der Waals surface area contributed by atoms with Crippen LogP contribution in [0.15, 0.2) is 36.4 Å². The predicted octanol–water partition coefficient (Wildman–Crippen LogP) is 1.74. The van der Waals surface area contributed by atoms with Crippen molar-refractivity contribution in [3.8, 4) is 5.75 Å². The first-order valence-corrected chi connectivity index (χ1v) is 7.05. The van der Waals surface area contributed by atoms with Gasteiger partial charge in [-0.05, 0) is 37.0 Å². The van der Waals surface area contributed by atoms with Crippen molar-refractivity contribution in [3.63, 3.8) is 0 Å². The Balaban J connectivity index is 1.76. The molecule has 0 saturated heterocycles. The first-order chi connectivity index (χ1) is 10.2. The normalized spacial score (nSPS) is 17.1. The minimum absolute atomic E-state index is 0.0451. The molecule has 0 aliphatic heterocycles. The molecule has 0 unspecified atom stereocenters. The molecule has 0 heterocycles. The first-order valence-electron chi connectivity index (χ1n) is 7.05. The number of rotatable bonds is 4. The molecule has 0 bridgehead atoms. The lowest BCUT2D eigenvalue weighted by Crippen LogP contribution is -2.45. The molecule has 2 rings (SSSR count). The van der Waals surface area contributed by atoms with Crippen LogP contribution in [0.4, 0.5) is 0 Å². The number of allylic oxidation sites excluding steroid dienone is 2. The van der Waals surface area contributed by atoms with Gasteiger partial charge in [0.05, 0.1) is 13.5 Å². The van der Waals surface area contributed by atoms with Crippen LogP contribution < -0.4 is 15.6 Å². The molecule has 2 N–H and O–H groups in total. The summed E-state index contributed by atoms with van der Waals surface area (Å²) in [6, 6.07) is 7.25. The average molecular weight is 288 g/mol. The SMILES string of the molecule is COc1ccc(CC(=O)NNC(=O)[C@@H]2CC=CCC2)cc1. The molecule has 112 valence electrons. The van der Waals surface area contributed by atoms with Crippen molar-refractivity contribution < 1.29 is 14.3 Å². The largest absolute Gasteiger partial charge is 0.497 e. The molecule has 1 aromatic rings. The van der Waals surface area contributed by atoms with Crippen LogP contribution in [0.1, 0.15) is 24.8 Å². The van der Waals surface area contributed by atoms with E-state index in [2.05, 4.69) is 16.9 Å². The quantitative estimate of drug-likeness (QED) is 0.655. The average Bonchev–Trinajstić information content (AvgIpc) is 2.54. The van der Waals surface area contributed by atoms with Crippen LogP contribution in [0.5, 0.6) is 5.75 Å². The van der Waals surface area contributed by atoms with E-state index in [0.717, 1.165) is 30.6 Å². The molecule has 1 aliphatic carbocycles. The fraction of sp³-hybridized carbons (Fsp3) is 0.375. The lowest BCUT2D eigenvalue weighted by molar-refractivity contribution is -0.131. The number of hydrogen-bond donors (Lipinski definition) is 2. The summed E-state index contributed by atoms with van der Waals surface area (Å²) < 4.78 is 5.06. The maximum Gasteiger partial charge on any atom is 0.242 e. The van der Waals surface area contributed by atoms with Gasteiger partial charge in [-0.3, -0.25) is 20.4 Å². The zero-order valence-electron chi connectivity index (χ0n) is 12.1. The third kappa shape index (κ3) is 4.63. The van der Waals surface area contributed by atoms with Gasteiger partial charge in [0.25, 0.3) is 0 Å². The Kier molecular flexibility index (Phi) is 5.37. The molecule has 1 atom stereocenters. The first kappa shape index (κ1) is 15.1. The highest BCUT2D eigenvalue weighted by molar-refractivity contribution is 5.84. The van der Waals surface area contributed by atoms with Crippen molar-refractivity contribution in [1.29, 1.82) is 0 Å². The number of methoxy groups -OCH3 is 1. The van der Waals surface area contributed by atoms with Gasteiger partial charge in [-0.2, -0.15) is 0 Å². The number of nitrogens with one attached hydrogen (secondary N) is 2. The number of benzene rings is 1. The number of amides is 2. The third-order valence-corrected chi connectivity index (χ3v) is 3.49. The maximum absolute atomic E-state index is 11.9. The Morgan fingerprint density at radius 3 is 2.57 bits per heavy atom. The minimum atomic E-state index is -0.236. The summed E-state index contributed by atoms with van der Waals surface area (Å²) in [5.41, 5.74) is 5.82. The van der Waals surface area contributed by atoms with Crippen molar-refractivity contribution in [1.82, 2.24) is 10.9 Å². The number of hydrazine groups is 1. The minimum Gasteiger partial charge on any atom is -0.497 e. The van der Waals surface area contributed by atoms with E-state index in [9.17, 15) is 9.59 Å². The molecular weight excluding hydrogens is 268 g/mol. The summed E-state index contributed by atoms with van der Waals surface area (Å²) in [5, 5.41) is 0. The fourth-order valence-electron chi connectivity index (χ4n) is 2.24. The van der Waals surface area contributed by atoms with Crippen LogP contribution in [0.3, 0.4) is 0 Å². The van der Waals surface area contributed by atoms with Crippen LogP contribution in [0.25, 0.3) is 0 Å². The van der Waals surface area contributed by atoms with E-state index in [4.69, 9.17) is 4.74 Å². The van der Waals surface area contributed by atoms with E-state index in [1.807, 2.05) is 18.2 Å². The summed E-state index contributed by atoms with van der Waals surface area (Å²) in [4.78, 5) is 23.6. The van der Waals surface area contributed by atoms with Crippen LogP contribution in [-0.4, -0.2) is 18.9 Å². The summed E-state index contributed by atoms with van der Waals surface area (Å²) in [5.74, 6) is 0.344. The Hall–Kier alpha value is -2.30. The van der Waals surface area contributed by atoms with Gasteiger partial charge in [-0.25, -0.2) is 0 Å². The molecule has 0 fully saturated rings. The molecular formula is C16H20N2O3. The van der Waals surface area contributed by atoms with Gasteiger partial charge in [0.15, 0.2) is 0 Å². The van der Waals surface area contributed by atoms with Gasteiger partial charge in [-0.1, -0.05) is 24.3 Å². The molecule has 5 nitrogen and oxygen atoms in total. The Labute approximate surface area is 124 Å². The van der Waals surface area contributed by atoms with E-state index in [0.29, 0.717) is 0 Å². The monoisotopic (exact) mass is 288 g/mol. The molecule has 1 aromatic carbocycles. The smallest absolute Gasteiger partial charge is 0.242 e. The van der Waals surface area contributed by atoms with Gasteiger partial charge in [0, 0.05) is 5.92 Å². The second-order valence-electron chi connectivity index (χ2n) is 5.04. The van der Waals surface area contributed by atoms with E-state index < -0.39 is 0 Å². The number of ether oxygens (including phenoxy) is 1. The van der Waals surface area contributed by atoms with Crippen molar-refractivity contribution in [2.45, 2.75) is 25.7 Å². The highest BCUT2D eigenvalue weighted by atomic mass is 16.5. The number of carbonyl (C=O) groups is 2. The topological polar surface area (TPSA) is 67.4 Å². The van der Waals surface area contributed by atoms with Crippen molar-refractivity contribution in [2.24, 2.45) is 5.92 Å². The van der Waals surface area contributed by atoms with E-state index >= 15 is 0 Å². The van der Waals surface area contributed by atoms with Crippen LogP contribution in [0, 0.1) is 5.92 Å². The number of carbonyl (C=O) groups excluding carboxylic acids is 2. The maximum atomic E-state index is 11.9. The zero-order valence-corrected chi connectivity index (χ0v) is 12.1. The van der Waals surface area contributed by atoms with Gasteiger partial charge >= 0.3 is 0 Å². The predicted molar refractivity (Wildman–Crippen MR) is 79.5 cm³/mol. The van der Waals surface area contributed by atoms with Crippen LogP contribution in [0.2, 0.25) is 0 Å². The summed E-state index contributed by atoms with van der Waals surface area (Å²) >= 11 is 0. The summed E-state index contributed by atoms with van der Waals surface area (Å²) in [6.45, 7) is 0. The molecule has 0 saturated carbocycles. The Bertz CT molecular complexity index is 523. The molecule has 0 radical (unpaired) electrons. The molecule has 21 heavy (non-hydrogen) atoms. The van der Waals surface area contributed by atoms with Gasteiger partial charge in [0.2, 0.25) is 11.8 Å². The molecule has 1 aliphatic rings. The van der Waals surface area contributed by atoms with E-state index in [1.54, 1.807) is 19.2 Å². The van der Waals surface area contributed by atoms with Gasteiger partial charge in [0.1, 0.15) is 5.75 Å². The lowest BCUT2D eigenvalue weighted by atomic mass is 9.94. The van der Waals surface area contributed by atoms with Crippen LogP contribution >= 0.6 is 0 Å². The standard InChI is InChI=1S/C16H20N2O3/c1-21-14-9-7-12(8-10-14)11-15(19)17-18-16(20)13-5-3-2-4-6-13/h2-3,7-10,13H,4-6,11H2,1H3,(H,17,19)(H,18,20)/t13-/m1/s1. The van der Waals surface area contributed by atoms with Crippen molar-refractivity contribution >= 4 is 11.8 Å².